The molecule has 1 heterocycles. The van der Waals surface area contributed by atoms with E-state index in [0.29, 0.717) is 11.0 Å². The number of hydrogen-bond acceptors (Lipinski definition) is 3. The molecule has 1 aliphatic rings. The van der Waals surface area contributed by atoms with Crippen molar-refractivity contribution in [2.45, 2.75) is 40.0 Å². The quantitative estimate of drug-likeness (QED) is 0.839. The van der Waals surface area contributed by atoms with Crippen LogP contribution in [0.2, 0.25) is 0 Å². The van der Waals surface area contributed by atoms with Gasteiger partial charge in [-0.2, -0.15) is 0 Å². The molecule has 2 unspecified atom stereocenters. The van der Waals surface area contributed by atoms with Gasteiger partial charge in [0.25, 0.3) is 0 Å². The topological polar surface area (TPSA) is 42.0 Å². The highest BCUT2D eigenvalue weighted by Crippen LogP contribution is 2.42. The van der Waals surface area contributed by atoms with E-state index in [1.54, 1.807) is 0 Å². The Balaban J connectivity index is 1.79. The van der Waals surface area contributed by atoms with E-state index in [1.807, 2.05) is 0 Å². The summed E-state index contributed by atoms with van der Waals surface area (Å²) in [6.07, 6.45) is 2.79. The highest BCUT2D eigenvalue weighted by Gasteiger charge is 2.35. The van der Waals surface area contributed by atoms with Crippen molar-refractivity contribution in [3.05, 3.63) is 23.8 Å². The number of nitrogens with zero attached hydrogens (tertiary/aromatic N) is 1. The summed E-state index contributed by atoms with van der Waals surface area (Å²) in [5, 5.41) is 3.11. The molecule has 2 aromatic rings. The van der Waals surface area contributed by atoms with E-state index in [0.717, 1.165) is 36.7 Å². The number of amides is 1. The highest BCUT2D eigenvalue weighted by atomic mass is 32.1. The Morgan fingerprint density at radius 2 is 2.09 bits per heavy atom. The smallest absolute Gasteiger partial charge is 0.229 e. The molecule has 0 radical (unpaired) electrons. The number of aromatic nitrogens is 1. The van der Waals surface area contributed by atoms with E-state index in [1.165, 1.54) is 6.07 Å². The lowest BCUT2D eigenvalue weighted by molar-refractivity contribution is -0.122. The predicted octanol–water partition coefficient (Wildman–Crippen LogP) is 4.98. The fourth-order valence-corrected chi connectivity index (χ4v) is 4.62. The van der Waals surface area contributed by atoms with Crippen molar-refractivity contribution in [1.82, 2.24) is 4.98 Å². The van der Waals surface area contributed by atoms with Crippen LogP contribution in [0.15, 0.2) is 12.1 Å². The van der Waals surface area contributed by atoms with E-state index < -0.39 is 11.6 Å². The lowest BCUT2D eigenvalue weighted by Gasteiger charge is -2.38. The van der Waals surface area contributed by atoms with Crippen molar-refractivity contribution >= 4 is 32.6 Å². The van der Waals surface area contributed by atoms with Gasteiger partial charge in [0.1, 0.15) is 11.6 Å². The number of carbonyl (C=O) groups excluding carboxylic acids is 1. The van der Waals surface area contributed by atoms with Gasteiger partial charge in [0, 0.05) is 18.1 Å². The molecule has 0 aliphatic heterocycles. The van der Waals surface area contributed by atoms with E-state index in [2.05, 4.69) is 31.1 Å². The van der Waals surface area contributed by atoms with Gasteiger partial charge in [-0.05, 0) is 30.6 Å². The van der Waals surface area contributed by atoms with Gasteiger partial charge in [0.15, 0.2) is 5.13 Å². The second-order valence-corrected chi connectivity index (χ2v) is 8.35. The Hall–Kier alpha value is -1.56. The molecule has 0 saturated heterocycles. The molecular weight excluding hydrogens is 318 g/mol. The molecule has 0 spiro atoms. The van der Waals surface area contributed by atoms with Crippen LogP contribution in [-0.2, 0) is 4.79 Å². The van der Waals surface area contributed by atoms with E-state index in [9.17, 15) is 13.6 Å². The van der Waals surface area contributed by atoms with Crippen LogP contribution in [0.3, 0.4) is 0 Å². The number of hydrogen-bond donors (Lipinski definition) is 1. The van der Waals surface area contributed by atoms with Crippen LogP contribution < -0.4 is 5.32 Å². The maximum Gasteiger partial charge on any atom is 0.229 e. The fraction of sp³-hybridized carbons (Fsp3) is 0.529. The van der Waals surface area contributed by atoms with Crippen molar-refractivity contribution < 1.29 is 13.6 Å². The largest absolute Gasteiger partial charge is 0.302 e. The molecule has 0 bridgehead atoms. The Morgan fingerprint density at radius 3 is 2.78 bits per heavy atom. The maximum absolute atomic E-state index is 13.7. The van der Waals surface area contributed by atoms with Crippen LogP contribution in [0.1, 0.15) is 40.0 Å². The summed E-state index contributed by atoms with van der Waals surface area (Å²) in [5.74, 6) is -0.963. The number of halogens is 2. The van der Waals surface area contributed by atoms with Gasteiger partial charge >= 0.3 is 0 Å². The van der Waals surface area contributed by atoms with Gasteiger partial charge in [0.05, 0.1) is 10.2 Å². The van der Waals surface area contributed by atoms with Crippen molar-refractivity contribution in [3.63, 3.8) is 0 Å². The van der Waals surface area contributed by atoms with Crippen molar-refractivity contribution in [2.24, 2.45) is 17.3 Å². The zero-order chi connectivity index (χ0) is 16.8. The number of rotatable bonds is 2. The van der Waals surface area contributed by atoms with E-state index in [-0.39, 0.29) is 27.5 Å². The third-order valence-electron chi connectivity index (χ3n) is 4.40. The average molecular weight is 338 g/mol. The number of anilines is 1. The van der Waals surface area contributed by atoms with Crippen LogP contribution in [0, 0.1) is 28.9 Å². The normalized spacial score (nSPS) is 23.9. The molecule has 3 rings (SSSR count). The van der Waals surface area contributed by atoms with Crippen molar-refractivity contribution in [1.29, 1.82) is 0 Å². The first-order valence-electron chi connectivity index (χ1n) is 7.80. The van der Waals surface area contributed by atoms with E-state index in [4.69, 9.17) is 0 Å². The number of carbonyl (C=O) groups is 1. The highest BCUT2D eigenvalue weighted by molar-refractivity contribution is 7.22. The lowest BCUT2D eigenvalue weighted by atomic mass is 9.68. The molecule has 3 nitrogen and oxygen atoms in total. The fourth-order valence-electron chi connectivity index (χ4n) is 3.77. The van der Waals surface area contributed by atoms with Crippen LogP contribution in [0.4, 0.5) is 13.9 Å². The van der Waals surface area contributed by atoms with E-state index >= 15 is 0 Å². The van der Waals surface area contributed by atoms with Gasteiger partial charge in [-0.25, -0.2) is 13.8 Å². The summed E-state index contributed by atoms with van der Waals surface area (Å²) < 4.78 is 27.2. The summed E-state index contributed by atoms with van der Waals surface area (Å²) in [7, 11) is 0. The SMILES string of the molecule is CC1CC(C(=O)Nc2nc3cc(F)cc(F)c3s2)CC(C)(C)C1. The zero-order valence-corrected chi connectivity index (χ0v) is 14.3. The molecule has 1 aromatic carbocycles. The Bertz CT molecular complexity index is 756. The minimum Gasteiger partial charge on any atom is -0.302 e. The molecule has 6 heteroatoms. The van der Waals surface area contributed by atoms with Gasteiger partial charge in [-0.15, -0.1) is 0 Å². The monoisotopic (exact) mass is 338 g/mol. The van der Waals surface area contributed by atoms with Gasteiger partial charge in [0.2, 0.25) is 5.91 Å². The molecule has 1 aliphatic carbocycles. The first-order valence-corrected chi connectivity index (χ1v) is 8.61. The summed E-state index contributed by atoms with van der Waals surface area (Å²) in [6, 6.07) is 2.01. The van der Waals surface area contributed by atoms with Crippen LogP contribution in [-0.4, -0.2) is 10.9 Å². The second kappa shape index (κ2) is 5.82. The minimum atomic E-state index is -0.666. The van der Waals surface area contributed by atoms with Crippen molar-refractivity contribution in [3.8, 4) is 0 Å². The number of benzene rings is 1. The molecule has 23 heavy (non-hydrogen) atoms. The number of fused-ring (bicyclic) bond motifs is 1. The second-order valence-electron chi connectivity index (χ2n) is 7.35. The Labute approximate surface area is 138 Å². The standard InChI is InChI=1S/C17H20F2N2OS/c1-9-4-10(8-17(2,3)7-9)15(22)21-16-20-13-6-11(18)5-12(19)14(13)23-16/h5-6,9-10H,4,7-8H2,1-3H3,(H,20,21,22). The van der Waals surface area contributed by atoms with Gasteiger partial charge < -0.3 is 5.32 Å². The van der Waals surface area contributed by atoms with Crippen molar-refractivity contribution in [2.75, 3.05) is 5.32 Å². The first-order chi connectivity index (χ1) is 10.7. The predicted molar refractivity (Wildman–Crippen MR) is 88.5 cm³/mol. The third-order valence-corrected chi connectivity index (χ3v) is 5.39. The van der Waals surface area contributed by atoms with Crippen LogP contribution in [0.25, 0.3) is 10.2 Å². The summed E-state index contributed by atoms with van der Waals surface area (Å²) >= 11 is 1.04. The third kappa shape index (κ3) is 3.52. The molecule has 1 aromatic heterocycles. The first kappa shape index (κ1) is 16.3. The van der Waals surface area contributed by atoms with Gasteiger partial charge in [-0.3, -0.25) is 4.79 Å². The molecule has 1 fully saturated rings. The van der Waals surface area contributed by atoms with Crippen LogP contribution >= 0.6 is 11.3 Å². The zero-order valence-electron chi connectivity index (χ0n) is 13.5. The summed E-state index contributed by atoms with van der Waals surface area (Å²) in [5.41, 5.74) is 0.378. The molecule has 1 saturated carbocycles. The minimum absolute atomic E-state index is 0.0673. The Morgan fingerprint density at radius 1 is 1.35 bits per heavy atom. The number of nitrogens with one attached hydrogen (secondary N) is 1. The molecule has 1 amide bonds. The summed E-state index contributed by atoms with van der Waals surface area (Å²) in [4.78, 5) is 16.6. The average Bonchev–Trinajstić information content (AvgIpc) is 2.78. The van der Waals surface area contributed by atoms with Gasteiger partial charge in [-0.1, -0.05) is 32.1 Å². The maximum atomic E-state index is 13.7. The molecule has 1 N–H and O–H groups in total. The molecule has 124 valence electrons. The van der Waals surface area contributed by atoms with Crippen LogP contribution in [0.5, 0.6) is 0 Å². The Kier molecular flexibility index (Phi) is 4.12. The molecular formula is C17H20F2N2OS. The summed E-state index contributed by atoms with van der Waals surface area (Å²) in [6.45, 7) is 6.52. The molecule has 2 atom stereocenters. The number of thiazole rings is 1. The lowest BCUT2D eigenvalue weighted by Crippen LogP contribution is -2.34.